The van der Waals surface area contributed by atoms with Crippen molar-refractivity contribution in [2.24, 2.45) is 0 Å². The van der Waals surface area contributed by atoms with E-state index in [2.05, 4.69) is 42.2 Å². The summed E-state index contributed by atoms with van der Waals surface area (Å²) in [7, 11) is 1.82. The zero-order valence-electron chi connectivity index (χ0n) is 15.9. The van der Waals surface area contributed by atoms with E-state index < -0.39 is 0 Å². The maximum Gasteiger partial charge on any atom is 0.410 e. The fourth-order valence-electron chi connectivity index (χ4n) is 3.87. The van der Waals surface area contributed by atoms with Crippen molar-refractivity contribution in [1.82, 2.24) is 9.80 Å². The minimum absolute atomic E-state index is 0.188. The first kappa shape index (κ1) is 18.4. The first-order chi connectivity index (χ1) is 13.0. The van der Waals surface area contributed by atoms with Crippen molar-refractivity contribution in [3.05, 3.63) is 47.7 Å². The average molecular weight is 387 g/mol. The number of likely N-dealkylation sites (tertiary alicyclic amines) is 1. The molecule has 0 bridgehead atoms. The topological polar surface area (TPSA) is 45.9 Å². The minimum atomic E-state index is -0.295. The first-order valence-electron chi connectivity index (χ1n) is 9.51. The molecule has 1 atom stereocenters. The quantitative estimate of drug-likeness (QED) is 0.772. The van der Waals surface area contributed by atoms with Gasteiger partial charge < -0.3 is 14.1 Å². The van der Waals surface area contributed by atoms with Crippen LogP contribution in [-0.2, 0) is 11.3 Å². The van der Waals surface area contributed by atoms with Gasteiger partial charge in [-0.15, -0.1) is 0 Å². The van der Waals surface area contributed by atoms with Crippen LogP contribution in [0.5, 0.6) is 0 Å². The summed E-state index contributed by atoms with van der Waals surface area (Å²) >= 11 is 1.65. The predicted molar refractivity (Wildman–Crippen MR) is 105 cm³/mol. The Morgan fingerprint density at radius 2 is 1.93 bits per heavy atom. The fourth-order valence-corrected chi connectivity index (χ4v) is 4.66. The molecule has 2 aromatic rings. The highest BCUT2D eigenvalue weighted by Crippen LogP contribution is 2.34. The zero-order chi connectivity index (χ0) is 18.9. The van der Waals surface area contributed by atoms with E-state index >= 15 is 0 Å². The van der Waals surface area contributed by atoms with E-state index in [1.165, 1.54) is 10.5 Å². The number of carbonyl (C=O) groups excluding carboxylic acids is 1. The Bertz CT molecular complexity index is 804. The van der Waals surface area contributed by atoms with Gasteiger partial charge in [-0.3, -0.25) is 4.90 Å². The van der Waals surface area contributed by atoms with Gasteiger partial charge in [0.1, 0.15) is 11.4 Å². The molecule has 1 aromatic heterocycles. The van der Waals surface area contributed by atoms with Crippen LogP contribution in [0.1, 0.15) is 30.6 Å². The Labute approximate surface area is 164 Å². The maximum absolute atomic E-state index is 11.8. The van der Waals surface area contributed by atoms with E-state index in [1.807, 2.05) is 13.1 Å². The molecule has 0 saturated carbocycles. The molecule has 1 amide bonds. The molecular formula is C21H26N2O3S. The van der Waals surface area contributed by atoms with Gasteiger partial charge in [0.25, 0.3) is 0 Å². The molecular weight excluding hydrogens is 360 g/mol. The molecule has 1 spiro atoms. The summed E-state index contributed by atoms with van der Waals surface area (Å²) in [5, 5.41) is 0.923. The summed E-state index contributed by atoms with van der Waals surface area (Å²) in [6.45, 7) is 5.52. The molecule has 5 nitrogen and oxygen atoms in total. The number of ether oxygens (including phenoxy) is 1. The highest BCUT2D eigenvalue weighted by Gasteiger charge is 2.44. The molecule has 6 heteroatoms. The average Bonchev–Trinajstić information content (AvgIpc) is 3.12. The van der Waals surface area contributed by atoms with Gasteiger partial charge in [-0.25, -0.2) is 4.79 Å². The van der Waals surface area contributed by atoms with Gasteiger partial charge in [-0.2, -0.15) is 0 Å². The van der Waals surface area contributed by atoms with Crippen molar-refractivity contribution < 1.29 is 13.9 Å². The fraction of sp³-hybridized carbons (Fsp3) is 0.476. The molecule has 2 aliphatic rings. The second-order valence-electron chi connectivity index (χ2n) is 7.67. The van der Waals surface area contributed by atoms with Gasteiger partial charge in [0, 0.05) is 24.9 Å². The summed E-state index contributed by atoms with van der Waals surface area (Å²) in [6.07, 6.45) is 2.67. The molecule has 2 aliphatic heterocycles. The molecule has 0 aliphatic carbocycles. The summed E-state index contributed by atoms with van der Waals surface area (Å²) in [4.78, 5) is 17.1. The van der Waals surface area contributed by atoms with E-state index in [9.17, 15) is 4.79 Å². The first-order valence-corrected chi connectivity index (χ1v) is 10.3. The van der Waals surface area contributed by atoms with Gasteiger partial charge in [0.15, 0.2) is 5.09 Å². The van der Waals surface area contributed by atoms with Gasteiger partial charge in [0.05, 0.1) is 13.1 Å². The molecule has 2 saturated heterocycles. The van der Waals surface area contributed by atoms with Crippen molar-refractivity contribution in [1.29, 1.82) is 0 Å². The molecule has 0 radical (unpaired) electrons. The van der Waals surface area contributed by atoms with E-state index in [-0.39, 0.29) is 11.7 Å². The van der Waals surface area contributed by atoms with E-state index in [0.717, 1.165) is 49.7 Å². The maximum atomic E-state index is 11.8. The monoisotopic (exact) mass is 386 g/mol. The minimum Gasteiger partial charge on any atom is -0.453 e. The van der Waals surface area contributed by atoms with Crippen LogP contribution in [0.2, 0.25) is 0 Å². The van der Waals surface area contributed by atoms with Crippen molar-refractivity contribution in [3.8, 4) is 0 Å². The normalized spacial score (nSPS) is 23.6. The van der Waals surface area contributed by atoms with Crippen molar-refractivity contribution in [2.45, 2.75) is 48.3 Å². The van der Waals surface area contributed by atoms with Crippen LogP contribution in [0, 0.1) is 6.92 Å². The highest BCUT2D eigenvalue weighted by molar-refractivity contribution is 7.99. The summed E-state index contributed by atoms with van der Waals surface area (Å²) in [6, 6.07) is 12.6. The number of hydrogen-bond acceptors (Lipinski definition) is 5. The molecule has 1 aromatic carbocycles. The summed E-state index contributed by atoms with van der Waals surface area (Å²) < 4.78 is 11.7. The third-order valence-corrected chi connectivity index (χ3v) is 6.32. The SMILES string of the molecule is Cc1ccc(Sc2ccc(CN3CCCC4(CC3)CN(C)C(=O)O4)o2)cc1. The van der Waals surface area contributed by atoms with Crippen LogP contribution in [0.3, 0.4) is 0 Å². The van der Waals surface area contributed by atoms with Crippen LogP contribution in [0.25, 0.3) is 0 Å². The van der Waals surface area contributed by atoms with Crippen molar-refractivity contribution >= 4 is 17.9 Å². The Morgan fingerprint density at radius 3 is 2.67 bits per heavy atom. The number of benzene rings is 1. The molecule has 3 heterocycles. The smallest absolute Gasteiger partial charge is 0.410 e. The van der Waals surface area contributed by atoms with E-state index in [0.29, 0.717) is 6.54 Å². The molecule has 2 fully saturated rings. The molecule has 1 unspecified atom stereocenters. The summed E-state index contributed by atoms with van der Waals surface area (Å²) in [5.41, 5.74) is 0.966. The predicted octanol–water partition coefficient (Wildman–Crippen LogP) is 4.55. The van der Waals surface area contributed by atoms with Crippen LogP contribution < -0.4 is 0 Å². The Morgan fingerprint density at radius 1 is 1.11 bits per heavy atom. The van der Waals surface area contributed by atoms with Crippen molar-refractivity contribution in [3.63, 3.8) is 0 Å². The number of hydrogen-bond donors (Lipinski definition) is 0. The largest absolute Gasteiger partial charge is 0.453 e. The highest BCUT2D eigenvalue weighted by atomic mass is 32.2. The number of carbonyl (C=O) groups is 1. The van der Waals surface area contributed by atoms with Crippen LogP contribution in [0.15, 0.2) is 50.8 Å². The molecule has 27 heavy (non-hydrogen) atoms. The number of furan rings is 1. The Hall–Kier alpha value is -1.92. The van der Waals surface area contributed by atoms with Crippen LogP contribution >= 0.6 is 11.8 Å². The molecule has 4 rings (SSSR count). The third kappa shape index (κ3) is 4.33. The van der Waals surface area contributed by atoms with E-state index in [1.54, 1.807) is 16.7 Å². The lowest BCUT2D eigenvalue weighted by Crippen LogP contribution is -2.35. The second kappa shape index (κ2) is 7.60. The van der Waals surface area contributed by atoms with Gasteiger partial charge >= 0.3 is 6.09 Å². The Balaban J connectivity index is 1.34. The number of rotatable bonds is 4. The van der Waals surface area contributed by atoms with E-state index in [4.69, 9.17) is 9.15 Å². The lowest BCUT2D eigenvalue weighted by atomic mass is 9.95. The molecule has 144 valence electrons. The lowest BCUT2D eigenvalue weighted by molar-refractivity contribution is 0.0441. The number of nitrogens with zero attached hydrogens (tertiary/aromatic N) is 2. The van der Waals surface area contributed by atoms with Crippen molar-refractivity contribution in [2.75, 3.05) is 26.7 Å². The standard InChI is InChI=1S/C21H26N2O3S/c1-16-4-7-18(8-5-16)27-19-9-6-17(25-19)14-23-12-3-10-21(11-13-23)15-22(2)20(24)26-21/h4-9H,3,10-15H2,1-2H3. The van der Waals surface area contributed by atoms with Gasteiger partial charge in [-0.05, 0) is 50.6 Å². The molecule has 0 N–H and O–H groups in total. The summed E-state index contributed by atoms with van der Waals surface area (Å²) in [5.74, 6) is 0.987. The number of aryl methyl sites for hydroxylation is 1. The van der Waals surface area contributed by atoms with Crippen LogP contribution in [-0.4, -0.2) is 48.2 Å². The number of amides is 1. The van der Waals surface area contributed by atoms with Gasteiger partial charge in [-0.1, -0.05) is 29.5 Å². The zero-order valence-corrected chi connectivity index (χ0v) is 16.8. The van der Waals surface area contributed by atoms with Gasteiger partial charge in [0.2, 0.25) is 0 Å². The second-order valence-corrected chi connectivity index (χ2v) is 8.75. The number of likely N-dealkylation sites (N-methyl/N-ethyl adjacent to an activating group) is 1. The lowest BCUT2D eigenvalue weighted by Gasteiger charge is -2.25. The third-order valence-electron chi connectivity index (χ3n) is 5.39. The Kier molecular flexibility index (Phi) is 5.19. The van der Waals surface area contributed by atoms with Crippen LogP contribution in [0.4, 0.5) is 4.79 Å².